The maximum absolute atomic E-state index is 12.3. The van der Waals surface area contributed by atoms with E-state index >= 15 is 0 Å². The third-order valence-electron chi connectivity index (χ3n) is 3.97. The summed E-state index contributed by atoms with van der Waals surface area (Å²) in [5.74, 6) is -1.46. The molecule has 2 N–H and O–H groups in total. The second-order valence-corrected chi connectivity index (χ2v) is 7.54. The zero-order valence-electron chi connectivity index (χ0n) is 15.3. The van der Waals surface area contributed by atoms with Gasteiger partial charge in [0.1, 0.15) is 11.6 Å². The van der Waals surface area contributed by atoms with Crippen LogP contribution in [0.15, 0.2) is 12.7 Å². The lowest BCUT2D eigenvalue weighted by atomic mass is 9.79. The van der Waals surface area contributed by atoms with Crippen LogP contribution in [0.4, 0.5) is 4.79 Å². The van der Waals surface area contributed by atoms with E-state index in [9.17, 15) is 14.4 Å². The highest BCUT2D eigenvalue weighted by atomic mass is 16.6. The summed E-state index contributed by atoms with van der Waals surface area (Å²) in [6.07, 6.45) is 1.08. The Morgan fingerprint density at radius 3 is 2.46 bits per heavy atom. The molecule has 1 aliphatic heterocycles. The van der Waals surface area contributed by atoms with Crippen LogP contribution in [-0.4, -0.2) is 42.3 Å². The number of esters is 1. The Morgan fingerprint density at radius 2 is 2.00 bits per heavy atom. The fourth-order valence-electron chi connectivity index (χ4n) is 2.93. The molecule has 0 saturated carbocycles. The van der Waals surface area contributed by atoms with Gasteiger partial charge in [-0.15, -0.1) is 6.58 Å². The standard InChI is InChI=1S/C17H28N2O5/c1-8-11-10(13(20)19-17(11,5)6)9-12(14(21)23-7)18-15(22)24-16(2,3)4/h8,10-12H,1,9H2,2-7H3,(H,18,22)(H,19,20). The fourth-order valence-corrected chi connectivity index (χ4v) is 2.93. The normalized spacial score (nSPS) is 23.8. The number of alkyl carbamates (subject to hydrolysis) is 1. The van der Waals surface area contributed by atoms with Crippen LogP contribution in [0.2, 0.25) is 0 Å². The van der Waals surface area contributed by atoms with Crippen molar-refractivity contribution in [3.63, 3.8) is 0 Å². The molecule has 1 aliphatic rings. The molecule has 0 aromatic rings. The molecule has 2 amide bonds. The van der Waals surface area contributed by atoms with Crippen LogP contribution in [0.1, 0.15) is 41.0 Å². The summed E-state index contributed by atoms with van der Waals surface area (Å²) in [6, 6.07) is -0.975. The summed E-state index contributed by atoms with van der Waals surface area (Å²) in [6.45, 7) is 12.7. The number of carbonyl (C=O) groups is 3. The van der Waals surface area contributed by atoms with Gasteiger partial charge in [-0.25, -0.2) is 9.59 Å². The zero-order chi connectivity index (χ0) is 18.7. The fraction of sp³-hybridized carbons (Fsp3) is 0.706. The molecule has 24 heavy (non-hydrogen) atoms. The molecule has 1 saturated heterocycles. The van der Waals surface area contributed by atoms with Gasteiger partial charge in [0.2, 0.25) is 5.91 Å². The van der Waals surface area contributed by atoms with Crippen molar-refractivity contribution in [3.8, 4) is 0 Å². The molecule has 0 aromatic carbocycles. The third-order valence-corrected chi connectivity index (χ3v) is 3.97. The van der Waals surface area contributed by atoms with Crippen molar-refractivity contribution in [1.82, 2.24) is 10.6 Å². The number of ether oxygens (including phenoxy) is 2. The van der Waals surface area contributed by atoms with Crippen molar-refractivity contribution in [2.45, 2.75) is 58.2 Å². The number of amides is 2. The quantitative estimate of drug-likeness (QED) is 0.588. The van der Waals surface area contributed by atoms with Gasteiger partial charge in [-0.1, -0.05) is 6.08 Å². The Kier molecular flexibility index (Phi) is 6.03. The first-order valence-corrected chi connectivity index (χ1v) is 7.93. The molecular weight excluding hydrogens is 312 g/mol. The first-order chi connectivity index (χ1) is 10.9. The smallest absolute Gasteiger partial charge is 0.408 e. The molecule has 3 atom stereocenters. The van der Waals surface area contributed by atoms with Gasteiger partial charge >= 0.3 is 12.1 Å². The van der Waals surface area contributed by atoms with Gasteiger partial charge in [-0.2, -0.15) is 0 Å². The van der Waals surface area contributed by atoms with Gasteiger partial charge in [0, 0.05) is 17.4 Å². The van der Waals surface area contributed by atoms with E-state index in [4.69, 9.17) is 9.47 Å². The van der Waals surface area contributed by atoms with E-state index in [0.717, 1.165) is 0 Å². The van der Waals surface area contributed by atoms with Gasteiger partial charge < -0.3 is 20.1 Å². The second kappa shape index (κ2) is 7.23. The van der Waals surface area contributed by atoms with Crippen LogP contribution in [-0.2, 0) is 19.1 Å². The van der Waals surface area contributed by atoms with Gasteiger partial charge in [0.15, 0.2) is 0 Å². The van der Waals surface area contributed by atoms with E-state index in [-0.39, 0.29) is 18.2 Å². The zero-order valence-corrected chi connectivity index (χ0v) is 15.3. The van der Waals surface area contributed by atoms with E-state index in [1.54, 1.807) is 26.8 Å². The highest BCUT2D eigenvalue weighted by molar-refractivity contribution is 5.86. The minimum atomic E-state index is -0.975. The second-order valence-electron chi connectivity index (χ2n) is 7.54. The number of carbonyl (C=O) groups excluding carboxylic acids is 3. The Bertz CT molecular complexity index is 522. The van der Waals surface area contributed by atoms with Gasteiger partial charge in [0.05, 0.1) is 7.11 Å². The lowest BCUT2D eigenvalue weighted by Gasteiger charge is -2.27. The molecular formula is C17H28N2O5. The molecule has 0 spiro atoms. The minimum Gasteiger partial charge on any atom is -0.467 e. The van der Waals surface area contributed by atoms with Crippen molar-refractivity contribution >= 4 is 18.0 Å². The first-order valence-electron chi connectivity index (χ1n) is 7.93. The van der Waals surface area contributed by atoms with E-state index in [1.165, 1.54) is 7.11 Å². The van der Waals surface area contributed by atoms with Crippen LogP contribution in [0.25, 0.3) is 0 Å². The summed E-state index contributed by atoms with van der Waals surface area (Å²) in [5.41, 5.74) is -1.16. The summed E-state index contributed by atoms with van der Waals surface area (Å²) in [4.78, 5) is 36.2. The molecule has 136 valence electrons. The van der Waals surface area contributed by atoms with E-state index in [2.05, 4.69) is 17.2 Å². The topological polar surface area (TPSA) is 93.7 Å². The number of nitrogens with one attached hydrogen (secondary N) is 2. The summed E-state index contributed by atoms with van der Waals surface area (Å²) >= 11 is 0. The number of rotatable bonds is 5. The molecule has 1 heterocycles. The lowest BCUT2D eigenvalue weighted by molar-refractivity contribution is -0.143. The Balaban J connectivity index is 2.90. The van der Waals surface area contributed by atoms with Crippen LogP contribution in [0.3, 0.4) is 0 Å². The SMILES string of the molecule is C=CC1C(CC(NC(=O)OC(C)(C)C)C(=O)OC)C(=O)NC1(C)C. The Morgan fingerprint density at radius 1 is 1.42 bits per heavy atom. The number of methoxy groups -OCH3 is 1. The summed E-state index contributed by atoms with van der Waals surface area (Å²) in [7, 11) is 1.23. The summed E-state index contributed by atoms with van der Waals surface area (Å²) in [5, 5.41) is 5.39. The monoisotopic (exact) mass is 340 g/mol. The predicted molar refractivity (Wildman–Crippen MR) is 89.2 cm³/mol. The van der Waals surface area contributed by atoms with E-state index in [1.807, 2.05) is 13.8 Å². The molecule has 7 heteroatoms. The van der Waals surface area contributed by atoms with E-state index in [0.29, 0.717) is 0 Å². The van der Waals surface area contributed by atoms with E-state index < -0.39 is 35.2 Å². The lowest BCUT2D eigenvalue weighted by Crippen LogP contribution is -2.46. The molecule has 0 radical (unpaired) electrons. The Labute approximate surface area is 143 Å². The molecule has 1 fully saturated rings. The summed E-state index contributed by atoms with van der Waals surface area (Å²) < 4.78 is 9.91. The van der Waals surface area contributed by atoms with Crippen molar-refractivity contribution in [2.75, 3.05) is 7.11 Å². The average molecular weight is 340 g/mol. The van der Waals surface area contributed by atoms with Gasteiger partial charge in [0.25, 0.3) is 0 Å². The molecule has 7 nitrogen and oxygen atoms in total. The highest BCUT2D eigenvalue weighted by Gasteiger charge is 2.47. The molecule has 1 rings (SSSR count). The number of hydrogen-bond acceptors (Lipinski definition) is 5. The van der Waals surface area contributed by atoms with Crippen LogP contribution >= 0.6 is 0 Å². The Hall–Kier alpha value is -2.05. The average Bonchev–Trinajstić information content (AvgIpc) is 2.63. The van der Waals surface area contributed by atoms with Crippen molar-refractivity contribution in [3.05, 3.63) is 12.7 Å². The van der Waals surface area contributed by atoms with Crippen molar-refractivity contribution in [2.24, 2.45) is 11.8 Å². The largest absolute Gasteiger partial charge is 0.467 e. The first kappa shape index (κ1) is 20.0. The van der Waals surface area contributed by atoms with Gasteiger partial charge in [-0.3, -0.25) is 4.79 Å². The van der Waals surface area contributed by atoms with Crippen LogP contribution in [0.5, 0.6) is 0 Å². The maximum Gasteiger partial charge on any atom is 0.408 e. The molecule has 0 bridgehead atoms. The highest BCUT2D eigenvalue weighted by Crippen LogP contribution is 2.35. The van der Waals surface area contributed by atoms with Crippen LogP contribution in [0, 0.1) is 11.8 Å². The van der Waals surface area contributed by atoms with Crippen LogP contribution < -0.4 is 10.6 Å². The minimum absolute atomic E-state index is 0.109. The molecule has 0 aliphatic carbocycles. The third kappa shape index (κ3) is 4.97. The molecule has 3 unspecified atom stereocenters. The number of hydrogen-bond donors (Lipinski definition) is 2. The maximum atomic E-state index is 12.3. The van der Waals surface area contributed by atoms with Gasteiger partial charge in [-0.05, 0) is 41.0 Å². The van der Waals surface area contributed by atoms with Crippen molar-refractivity contribution in [1.29, 1.82) is 0 Å². The van der Waals surface area contributed by atoms with Crippen molar-refractivity contribution < 1.29 is 23.9 Å². The predicted octanol–water partition coefficient (Wildman–Crippen LogP) is 1.77. The molecule has 0 aromatic heterocycles.